The van der Waals surface area contributed by atoms with E-state index in [1.807, 2.05) is 24.3 Å². The second-order valence-electron chi connectivity index (χ2n) is 4.32. The van der Waals surface area contributed by atoms with Crippen LogP contribution in [0.1, 0.15) is 11.1 Å². The molecule has 94 valence electrons. The van der Waals surface area contributed by atoms with Crippen LogP contribution in [0, 0.1) is 5.82 Å². The molecule has 0 spiro atoms. The molecule has 3 heteroatoms. The fourth-order valence-electron chi connectivity index (χ4n) is 1.86. The molecule has 0 amide bonds. The molecule has 0 aliphatic heterocycles. The van der Waals surface area contributed by atoms with Crippen LogP contribution in [-0.4, -0.2) is 11.2 Å². The van der Waals surface area contributed by atoms with Gasteiger partial charge in [-0.1, -0.05) is 40.2 Å². The monoisotopic (exact) mass is 308 g/mol. The predicted molar refractivity (Wildman–Crippen MR) is 74.0 cm³/mol. The van der Waals surface area contributed by atoms with Crippen LogP contribution in [0.5, 0.6) is 0 Å². The van der Waals surface area contributed by atoms with E-state index in [0.29, 0.717) is 12.8 Å². The first-order valence-electron chi connectivity index (χ1n) is 5.80. The Bertz CT molecular complexity index is 445. The van der Waals surface area contributed by atoms with Crippen LogP contribution in [-0.2, 0) is 12.8 Å². The Morgan fingerprint density at radius 3 is 1.83 bits per heavy atom. The summed E-state index contributed by atoms with van der Waals surface area (Å²) < 4.78 is 13.8. The molecule has 0 aliphatic rings. The van der Waals surface area contributed by atoms with Gasteiger partial charge in [0.15, 0.2) is 0 Å². The fraction of sp³-hybridized carbons (Fsp3) is 0.200. The van der Waals surface area contributed by atoms with Crippen LogP contribution in [0.4, 0.5) is 4.39 Å². The van der Waals surface area contributed by atoms with E-state index in [4.69, 9.17) is 0 Å². The molecule has 0 saturated carbocycles. The molecule has 0 fully saturated rings. The van der Waals surface area contributed by atoms with Crippen LogP contribution >= 0.6 is 15.9 Å². The summed E-state index contributed by atoms with van der Waals surface area (Å²) in [6.45, 7) is 0. The summed E-state index contributed by atoms with van der Waals surface area (Å²) in [4.78, 5) is 0. The third-order valence-electron chi connectivity index (χ3n) is 2.77. The molecule has 0 heterocycles. The highest BCUT2D eigenvalue weighted by Gasteiger charge is 2.07. The van der Waals surface area contributed by atoms with Gasteiger partial charge in [-0.3, -0.25) is 0 Å². The molecule has 2 aromatic rings. The van der Waals surface area contributed by atoms with Crippen LogP contribution in [0.15, 0.2) is 53.0 Å². The van der Waals surface area contributed by atoms with Gasteiger partial charge >= 0.3 is 0 Å². The number of hydrogen-bond donors (Lipinski definition) is 1. The summed E-state index contributed by atoms with van der Waals surface area (Å²) in [6, 6.07) is 14.1. The van der Waals surface area contributed by atoms with E-state index in [9.17, 15) is 9.50 Å². The van der Waals surface area contributed by atoms with Crippen LogP contribution in [0.25, 0.3) is 0 Å². The average Bonchev–Trinajstić information content (AvgIpc) is 2.35. The number of aliphatic hydroxyl groups is 1. The number of halogens is 2. The molecule has 1 nitrogen and oxygen atoms in total. The van der Waals surface area contributed by atoms with E-state index < -0.39 is 6.10 Å². The molecule has 18 heavy (non-hydrogen) atoms. The van der Waals surface area contributed by atoms with Crippen molar-refractivity contribution < 1.29 is 9.50 Å². The fourth-order valence-corrected chi connectivity index (χ4v) is 2.12. The van der Waals surface area contributed by atoms with Gasteiger partial charge in [-0.15, -0.1) is 0 Å². The molecular formula is C15H14BrFO. The maximum atomic E-state index is 12.7. The highest BCUT2D eigenvalue weighted by atomic mass is 79.9. The van der Waals surface area contributed by atoms with Crippen molar-refractivity contribution in [3.8, 4) is 0 Å². The minimum absolute atomic E-state index is 0.249. The molecule has 0 bridgehead atoms. The van der Waals surface area contributed by atoms with Crippen LogP contribution < -0.4 is 0 Å². The predicted octanol–water partition coefficient (Wildman–Crippen LogP) is 3.73. The van der Waals surface area contributed by atoms with Gasteiger partial charge in [-0.25, -0.2) is 4.39 Å². The Balaban J connectivity index is 1.94. The highest BCUT2D eigenvalue weighted by molar-refractivity contribution is 9.10. The molecule has 0 radical (unpaired) electrons. The van der Waals surface area contributed by atoms with Crippen molar-refractivity contribution >= 4 is 15.9 Å². The van der Waals surface area contributed by atoms with E-state index in [2.05, 4.69) is 15.9 Å². The topological polar surface area (TPSA) is 20.2 Å². The first-order valence-corrected chi connectivity index (χ1v) is 6.60. The van der Waals surface area contributed by atoms with Crippen LogP contribution in [0.2, 0.25) is 0 Å². The van der Waals surface area contributed by atoms with E-state index in [-0.39, 0.29) is 5.82 Å². The summed E-state index contributed by atoms with van der Waals surface area (Å²) >= 11 is 3.37. The summed E-state index contributed by atoms with van der Waals surface area (Å²) in [7, 11) is 0. The van der Waals surface area contributed by atoms with Gasteiger partial charge in [-0.05, 0) is 48.2 Å². The smallest absolute Gasteiger partial charge is 0.123 e. The lowest BCUT2D eigenvalue weighted by Gasteiger charge is -2.11. The van der Waals surface area contributed by atoms with Gasteiger partial charge in [0.1, 0.15) is 5.82 Å². The normalized spacial score (nSPS) is 12.4. The third kappa shape index (κ3) is 3.93. The molecule has 0 saturated heterocycles. The van der Waals surface area contributed by atoms with Crippen molar-refractivity contribution in [3.05, 3.63) is 69.9 Å². The second-order valence-corrected chi connectivity index (χ2v) is 5.23. The van der Waals surface area contributed by atoms with Crippen molar-refractivity contribution in [1.29, 1.82) is 0 Å². The van der Waals surface area contributed by atoms with Gasteiger partial charge in [-0.2, -0.15) is 0 Å². The Morgan fingerprint density at radius 2 is 1.33 bits per heavy atom. The van der Waals surface area contributed by atoms with Crippen molar-refractivity contribution in [3.63, 3.8) is 0 Å². The Kier molecular flexibility index (Phi) is 4.50. The lowest BCUT2D eigenvalue weighted by atomic mass is 10.0. The lowest BCUT2D eigenvalue weighted by Crippen LogP contribution is -2.13. The number of aliphatic hydroxyl groups excluding tert-OH is 1. The van der Waals surface area contributed by atoms with E-state index in [0.717, 1.165) is 15.6 Å². The minimum Gasteiger partial charge on any atom is -0.392 e. The zero-order valence-corrected chi connectivity index (χ0v) is 11.4. The van der Waals surface area contributed by atoms with Crippen molar-refractivity contribution in [1.82, 2.24) is 0 Å². The van der Waals surface area contributed by atoms with E-state index in [1.165, 1.54) is 12.1 Å². The molecule has 0 aliphatic carbocycles. The first-order chi connectivity index (χ1) is 8.63. The average molecular weight is 309 g/mol. The standard InChI is InChI=1S/C15H14BrFO/c16-13-5-1-11(2-6-13)9-15(18)10-12-3-7-14(17)8-4-12/h1-8,15,18H,9-10H2. The Hall–Kier alpha value is -1.19. The summed E-state index contributed by atoms with van der Waals surface area (Å²) in [6.07, 6.45) is 0.692. The van der Waals surface area contributed by atoms with Crippen LogP contribution in [0.3, 0.4) is 0 Å². The number of benzene rings is 2. The zero-order chi connectivity index (χ0) is 13.0. The summed E-state index contributed by atoms with van der Waals surface area (Å²) in [5, 5.41) is 9.99. The number of rotatable bonds is 4. The molecule has 1 N–H and O–H groups in total. The second kappa shape index (κ2) is 6.12. The van der Waals surface area contributed by atoms with Crippen molar-refractivity contribution in [2.75, 3.05) is 0 Å². The molecule has 0 aromatic heterocycles. The van der Waals surface area contributed by atoms with Gasteiger partial charge < -0.3 is 5.11 Å². The van der Waals surface area contributed by atoms with Gasteiger partial charge in [0.2, 0.25) is 0 Å². The first kappa shape index (κ1) is 13.2. The van der Waals surface area contributed by atoms with E-state index >= 15 is 0 Å². The quantitative estimate of drug-likeness (QED) is 0.912. The number of hydrogen-bond acceptors (Lipinski definition) is 1. The summed E-state index contributed by atoms with van der Waals surface area (Å²) in [5.74, 6) is -0.249. The molecular weight excluding hydrogens is 295 g/mol. The molecule has 2 rings (SSSR count). The van der Waals surface area contributed by atoms with Crippen molar-refractivity contribution in [2.24, 2.45) is 0 Å². The highest BCUT2D eigenvalue weighted by Crippen LogP contribution is 2.14. The third-order valence-corrected chi connectivity index (χ3v) is 3.30. The molecule has 1 unspecified atom stereocenters. The van der Waals surface area contributed by atoms with Gasteiger partial charge in [0.05, 0.1) is 6.10 Å². The SMILES string of the molecule is OC(Cc1ccc(F)cc1)Cc1ccc(Br)cc1. The maximum absolute atomic E-state index is 12.7. The largest absolute Gasteiger partial charge is 0.392 e. The summed E-state index contributed by atoms with van der Waals surface area (Å²) in [5.41, 5.74) is 2.04. The van der Waals surface area contributed by atoms with Gasteiger partial charge in [0, 0.05) is 4.47 Å². The zero-order valence-electron chi connectivity index (χ0n) is 9.81. The van der Waals surface area contributed by atoms with E-state index in [1.54, 1.807) is 12.1 Å². The van der Waals surface area contributed by atoms with Gasteiger partial charge in [0.25, 0.3) is 0 Å². The minimum atomic E-state index is -0.448. The Morgan fingerprint density at radius 1 is 0.889 bits per heavy atom. The lowest BCUT2D eigenvalue weighted by molar-refractivity contribution is 0.175. The molecule has 2 aromatic carbocycles. The Labute approximate surface area is 114 Å². The van der Waals surface area contributed by atoms with Crippen molar-refractivity contribution in [2.45, 2.75) is 18.9 Å². The maximum Gasteiger partial charge on any atom is 0.123 e. The molecule has 1 atom stereocenters.